The molecular weight excluding hydrogens is 358 g/mol. The smallest absolute Gasteiger partial charge is 0.335 e. The van der Waals surface area contributed by atoms with Gasteiger partial charge in [-0.25, -0.2) is 4.79 Å². The molecule has 150 valence electrons. The Labute approximate surface area is 166 Å². The van der Waals surface area contributed by atoms with Crippen molar-refractivity contribution in [2.24, 2.45) is 5.16 Å². The summed E-state index contributed by atoms with van der Waals surface area (Å²) in [6.07, 6.45) is -0.178. The SMILES string of the molecule is CCO[C@H](Cc1cccc(/C(C)=N/OCc2ccc(OC)cc2)c1)C(=O)OC. The average Bonchev–Trinajstić information content (AvgIpc) is 2.73. The number of methoxy groups -OCH3 is 2. The summed E-state index contributed by atoms with van der Waals surface area (Å²) in [5.41, 5.74) is 3.64. The van der Waals surface area contributed by atoms with E-state index in [9.17, 15) is 4.79 Å². The number of nitrogens with zero attached hydrogens (tertiary/aromatic N) is 1. The highest BCUT2D eigenvalue weighted by molar-refractivity contribution is 5.98. The normalized spacial score (nSPS) is 12.4. The summed E-state index contributed by atoms with van der Waals surface area (Å²) in [7, 11) is 3.00. The Morgan fingerprint density at radius 2 is 1.82 bits per heavy atom. The van der Waals surface area contributed by atoms with Crippen molar-refractivity contribution in [2.45, 2.75) is 33.0 Å². The molecule has 1 atom stereocenters. The summed E-state index contributed by atoms with van der Waals surface area (Å²) in [6.45, 7) is 4.55. The van der Waals surface area contributed by atoms with Crippen molar-refractivity contribution in [3.63, 3.8) is 0 Å². The van der Waals surface area contributed by atoms with Crippen LogP contribution in [0.15, 0.2) is 53.7 Å². The molecule has 6 nitrogen and oxygen atoms in total. The van der Waals surface area contributed by atoms with E-state index in [1.54, 1.807) is 7.11 Å². The van der Waals surface area contributed by atoms with Crippen molar-refractivity contribution in [3.8, 4) is 5.75 Å². The Balaban J connectivity index is 2.00. The number of ether oxygens (including phenoxy) is 3. The zero-order valence-electron chi connectivity index (χ0n) is 16.8. The summed E-state index contributed by atoms with van der Waals surface area (Å²) < 4.78 is 15.4. The lowest BCUT2D eigenvalue weighted by atomic mass is 10.0. The van der Waals surface area contributed by atoms with Gasteiger partial charge in [0.1, 0.15) is 12.4 Å². The van der Waals surface area contributed by atoms with E-state index in [1.165, 1.54) is 7.11 Å². The van der Waals surface area contributed by atoms with Gasteiger partial charge in [-0.1, -0.05) is 35.5 Å². The maximum Gasteiger partial charge on any atom is 0.335 e. The monoisotopic (exact) mass is 385 g/mol. The average molecular weight is 385 g/mol. The standard InChI is InChI=1S/C22H27NO5/c1-5-27-21(22(24)26-4)14-18-7-6-8-19(13-18)16(2)23-28-15-17-9-11-20(25-3)12-10-17/h6-13,21H,5,14-15H2,1-4H3/b23-16+/t21-/m1/s1. The third-order valence-corrected chi connectivity index (χ3v) is 4.19. The predicted molar refractivity (Wildman–Crippen MR) is 108 cm³/mol. The lowest BCUT2D eigenvalue weighted by Crippen LogP contribution is -2.28. The van der Waals surface area contributed by atoms with Crippen LogP contribution in [-0.2, 0) is 32.1 Å². The first kappa shape index (κ1) is 21.4. The Bertz CT molecular complexity index is 786. The molecule has 0 unspecified atom stereocenters. The first-order chi connectivity index (χ1) is 13.6. The fraction of sp³-hybridized carbons (Fsp3) is 0.364. The van der Waals surface area contributed by atoms with E-state index in [2.05, 4.69) is 5.16 Å². The molecule has 0 saturated heterocycles. The molecular formula is C22H27NO5. The number of carbonyl (C=O) groups excluding carboxylic acids is 1. The number of rotatable bonds is 10. The molecule has 0 N–H and O–H groups in total. The molecule has 0 saturated carbocycles. The topological polar surface area (TPSA) is 66.3 Å². The zero-order chi connectivity index (χ0) is 20.4. The van der Waals surface area contributed by atoms with Crippen molar-refractivity contribution in [3.05, 3.63) is 65.2 Å². The van der Waals surface area contributed by atoms with Crippen LogP contribution in [0.4, 0.5) is 0 Å². The third-order valence-electron chi connectivity index (χ3n) is 4.19. The van der Waals surface area contributed by atoms with Crippen LogP contribution in [-0.4, -0.2) is 38.6 Å². The van der Waals surface area contributed by atoms with Gasteiger partial charge in [-0.2, -0.15) is 0 Å². The molecule has 2 rings (SSSR count). The highest BCUT2D eigenvalue weighted by Gasteiger charge is 2.20. The minimum atomic E-state index is -0.617. The van der Waals surface area contributed by atoms with Crippen LogP contribution in [0.3, 0.4) is 0 Å². The van der Waals surface area contributed by atoms with Crippen molar-refractivity contribution in [1.29, 1.82) is 0 Å². The van der Waals surface area contributed by atoms with Crippen molar-refractivity contribution in [2.75, 3.05) is 20.8 Å². The first-order valence-electron chi connectivity index (χ1n) is 9.15. The number of hydrogen-bond acceptors (Lipinski definition) is 6. The van der Waals surface area contributed by atoms with Crippen LogP contribution in [0.1, 0.15) is 30.5 Å². The van der Waals surface area contributed by atoms with Crippen LogP contribution in [0.25, 0.3) is 0 Å². The summed E-state index contributed by atoms with van der Waals surface area (Å²) in [6, 6.07) is 15.4. The zero-order valence-corrected chi connectivity index (χ0v) is 16.8. The molecule has 0 aliphatic rings. The van der Waals surface area contributed by atoms with Gasteiger partial charge in [0.15, 0.2) is 6.10 Å². The molecule has 0 aliphatic heterocycles. The number of oxime groups is 1. The highest BCUT2D eigenvalue weighted by atomic mass is 16.6. The second kappa shape index (κ2) is 11.1. The molecule has 28 heavy (non-hydrogen) atoms. The minimum absolute atomic E-state index is 0.371. The second-order valence-electron chi connectivity index (χ2n) is 6.17. The number of esters is 1. The Kier molecular flexibility index (Phi) is 8.49. The number of carbonyl (C=O) groups is 1. The fourth-order valence-corrected chi connectivity index (χ4v) is 2.66. The van der Waals surface area contributed by atoms with E-state index >= 15 is 0 Å². The van der Waals surface area contributed by atoms with Crippen LogP contribution >= 0.6 is 0 Å². The fourth-order valence-electron chi connectivity index (χ4n) is 2.66. The molecule has 6 heteroatoms. The van der Waals surface area contributed by atoms with Crippen LogP contribution in [0, 0.1) is 0 Å². The molecule has 0 bridgehead atoms. The van der Waals surface area contributed by atoms with E-state index in [-0.39, 0.29) is 5.97 Å². The maximum absolute atomic E-state index is 11.8. The van der Waals surface area contributed by atoms with Gasteiger partial charge in [0.05, 0.1) is 19.9 Å². The number of hydrogen-bond donors (Lipinski definition) is 0. The minimum Gasteiger partial charge on any atom is -0.497 e. The lowest BCUT2D eigenvalue weighted by Gasteiger charge is -2.15. The highest BCUT2D eigenvalue weighted by Crippen LogP contribution is 2.14. The number of benzene rings is 2. The van der Waals surface area contributed by atoms with Gasteiger partial charge in [-0.05, 0) is 48.7 Å². The molecule has 0 aliphatic carbocycles. The molecule has 0 heterocycles. The van der Waals surface area contributed by atoms with Gasteiger partial charge >= 0.3 is 5.97 Å². The molecule has 0 spiro atoms. The molecule has 0 fully saturated rings. The molecule has 2 aromatic carbocycles. The Morgan fingerprint density at radius 3 is 2.46 bits per heavy atom. The van der Waals surface area contributed by atoms with Crippen LogP contribution in [0.5, 0.6) is 5.75 Å². The predicted octanol–water partition coefficient (Wildman–Crippen LogP) is 3.76. The van der Waals surface area contributed by atoms with E-state index in [1.807, 2.05) is 62.4 Å². The Morgan fingerprint density at radius 1 is 1.07 bits per heavy atom. The summed E-state index contributed by atoms with van der Waals surface area (Å²) in [4.78, 5) is 17.3. The summed E-state index contributed by atoms with van der Waals surface area (Å²) >= 11 is 0. The van der Waals surface area contributed by atoms with E-state index in [4.69, 9.17) is 19.0 Å². The molecule has 0 aromatic heterocycles. The van der Waals surface area contributed by atoms with Crippen LogP contribution in [0.2, 0.25) is 0 Å². The third kappa shape index (κ3) is 6.39. The maximum atomic E-state index is 11.8. The molecule has 2 aromatic rings. The van der Waals surface area contributed by atoms with Crippen molar-refractivity contribution >= 4 is 11.7 Å². The molecule has 0 radical (unpaired) electrons. The Hall–Kier alpha value is -2.86. The van der Waals surface area contributed by atoms with Gasteiger partial charge in [-0.3, -0.25) is 0 Å². The van der Waals surface area contributed by atoms with Gasteiger partial charge in [-0.15, -0.1) is 0 Å². The van der Waals surface area contributed by atoms with E-state index < -0.39 is 6.10 Å². The second-order valence-corrected chi connectivity index (χ2v) is 6.17. The largest absolute Gasteiger partial charge is 0.497 e. The molecule has 0 amide bonds. The van der Waals surface area contributed by atoms with Gasteiger partial charge in [0, 0.05) is 13.0 Å². The lowest BCUT2D eigenvalue weighted by molar-refractivity contribution is -0.153. The summed E-state index contributed by atoms with van der Waals surface area (Å²) in [5, 5.41) is 4.20. The van der Waals surface area contributed by atoms with Crippen LogP contribution < -0.4 is 4.74 Å². The van der Waals surface area contributed by atoms with Gasteiger partial charge < -0.3 is 19.0 Å². The van der Waals surface area contributed by atoms with E-state index in [0.29, 0.717) is 19.6 Å². The van der Waals surface area contributed by atoms with E-state index in [0.717, 1.165) is 28.2 Å². The van der Waals surface area contributed by atoms with Gasteiger partial charge in [0.2, 0.25) is 0 Å². The quantitative estimate of drug-likeness (QED) is 0.354. The van der Waals surface area contributed by atoms with Crippen molar-refractivity contribution in [1.82, 2.24) is 0 Å². The summed E-state index contributed by atoms with van der Waals surface area (Å²) in [5.74, 6) is 0.429. The van der Waals surface area contributed by atoms with Crippen molar-refractivity contribution < 1.29 is 23.8 Å². The van der Waals surface area contributed by atoms with Gasteiger partial charge in [0.25, 0.3) is 0 Å². The first-order valence-corrected chi connectivity index (χ1v) is 9.15.